The fraction of sp³-hybridized carbons (Fsp3) is 0.0625. The zero-order valence-corrected chi connectivity index (χ0v) is 11.4. The van der Waals surface area contributed by atoms with Crippen LogP contribution in [0.1, 0.15) is 5.69 Å². The number of pyridine rings is 1. The van der Waals surface area contributed by atoms with Crippen LogP contribution in [0.5, 0.6) is 11.5 Å². The van der Waals surface area contributed by atoms with Crippen LogP contribution in [0.2, 0.25) is 0 Å². The molecule has 0 saturated carbocycles. The summed E-state index contributed by atoms with van der Waals surface area (Å²) in [5.74, 6) is 0.306. The fourth-order valence-corrected chi connectivity index (χ4v) is 2.00. The predicted octanol–water partition coefficient (Wildman–Crippen LogP) is 4.37. The van der Waals surface area contributed by atoms with E-state index in [9.17, 15) is 10.2 Å². The van der Waals surface area contributed by atoms with Gasteiger partial charge in [-0.15, -0.1) is 5.11 Å². The molecule has 5 heteroatoms. The molecule has 0 unspecified atom stereocenters. The van der Waals surface area contributed by atoms with Gasteiger partial charge in [0.15, 0.2) is 0 Å². The molecule has 0 saturated heterocycles. The van der Waals surface area contributed by atoms with Gasteiger partial charge in [-0.05, 0) is 55.5 Å². The first-order valence-corrected chi connectivity index (χ1v) is 6.43. The molecule has 0 atom stereocenters. The van der Waals surface area contributed by atoms with Gasteiger partial charge in [0.1, 0.15) is 17.0 Å². The lowest BCUT2D eigenvalue weighted by molar-refractivity contribution is 0.475. The normalized spacial score (nSPS) is 11.3. The SMILES string of the molecule is Cc1ccc2c(N=Nc3ccc(O)cc3)ccc(O)c2n1. The van der Waals surface area contributed by atoms with Crippen molar-refractivity contribution in [1.82, 2.24) is 4.98 Å². The molecule has 0 spiro atoms. The number of phenolic OH excluding ortho intramolecular Hbond substituents is 2. The lowest BCUT2D eigenvalue weighted by Gasteiger charge is -2.04. The van der Waals surface area contributed by atoms with Crippen molar-refractivity contribution in [1.29, 1.82) is 0 Å². The third kappa shape index (κ3) is 2.67. The molecule has 2 N–H and O–H groups in total. The number of hydrogen-bond donors (Lipinski definition) is 2. The van der Waals surface area contributed by atoms with Crippen LogP contribution in [0.15, 0.2) is 58.8 Å². The average molecular weight is 279 g/mol. The first-order valence-electron chi connectivity index (χ1n) is 6.43. The highest BCUT2D eigenvalue weighted by Crippen LogP contribution is 2.32. The molecule has 0 fully saturated rings. The zero-order valence-electron chi connectivity index (χ0n) is 11.4. The van der Waals surface area contributed by atoms with Crippen molar-refractivity contribution in [3.05, 3.63) is 54.2 Å². The van der Waals surface area contributed by atoms with Crippen LogP contribution in [0.3, 0.4) is 0 Å². The van der Waals surface area contributed by atoms with Gasteiger partial charge >= 0.3 is 0 Å². The number of aromatic hydroxyl groups is 2. The van der Waals surface area contributed by atoms with E-state index in [-0.39, 0.29) is 11.5 Å². The Hall–Kier alpha value is -2.95. The van der Waals surface area contributed by atoms with Crippen LogP contribution in [0.25, 0.3) is 10.9 Å². The Labute approximate surface area is 121 Å². The molecule has 1 heterocycles. The van der Waals surface area contributed by atoms with Crippen LogP contribution >= 0.6 is 0 Å². The van der Waals surface area contributed by atoms with Gasteiger partial charge in [0.05, 0.1) is 11.4 Å². The molecule has 5 nitrogen and oxygen atoms in total. The largest absolute Gasteiger partial charge is 0.508 e. The first kappa shape index (κ1) is 13.1. The molecular formula is C16H13N3O2. The topological polar surface area (TPSA) is 78.1 Å². The van der Waals surface area contributed by atoms with Crippen LogP contribution in [0.4, 0.5) is 11.4 Å². The van der Waals surface area contributed by atoms with Crippen molar-refractivity contribution in [2.24, 2.45) is 10.2 Å². The third-order valence-corrected chi connectivity index (χ3v) is 3.08. The number of phenols is 2. The maximum Gasteiger partial charge on any atom is 0.141 e. The van der Waals surface area contributed by atoms with E-state index in [4.69, 9.17) is 0 Å². The van der Waals surface area contributed by atoms with Crippen LogP contribution in [-0.2, 0) is 0 Å². The molecule has 0 aliphatic rings. The summed E-state index contributed by atoms with van der Waals surface area (Å²) >= 11 is 0. The molecule has 0 aliphatic carbocycles. The minimum Gasteiger partial charge on any atom is -0.508 e. The van der Waals surface area contributed by atoms with Gasteiger partial charge in [0.2, 0.25) is 0 Å². The summed E-state index contributed by atoms with van der Waals surface area (Å²) in [6, 6.07) is 13.4. The highest BCUT2D eigenvalue weighted by molar-refractivity contribution is 5.93. The number of rotatable bonds is 2. The van der Waals surface area contributed by atoms with Crippen LogP contribution in [-0.4, -0.2) is 15.2 Å². The molecule has 104 valence electrons. The average Bonchev–Trinajstić information content (AvgIpc) is 2.49. The van der Waals surface area contributed by atoms with E-state index in [1.807, 2.05) is 19.1 Å². The second-order valence-corrected chi connectivity index (χ2v) is 4.67. The Morgan fingerprint density at radius 1 is 0.857 bits per heavy atom. The Kier molecular flexibility index (Phi) is 3.23. The number of hydrogen-bond acceptors (Lipinski definition) is 5. The summed E-state index contributed by atoms with van der Waals surface area (Å²) in [5, 5.41) is 28.2. The maximum absolute atomic E-state index is 9.87. The van der Waals surface area contributed by atoms with Gasteiger partial charge in [-0.1, -0.05) is 0 Å². The Balaban J connectivity index is 2.05. The summed E-state index contributed by atoms with van der Waals surface area (Å²) in [7, 11) is 0. The van der Waals surface area contributed by atoms with E-state index >= 15 is 0 Å². The highest BCUT2D eigenvalue weighted by Gasteiger charge is 2.06. The smallest absolute Gasteiger partial charge is 0.141 e. The van der Waals surface area contributed by atoms with Gasteiger partial charge < -0.3 is 10.2 Å². The van der Waals surface area contributed by atoms with Crippen LogP contribution in [0, 0.1) is 6.92 Å². The van der Waals surface area contributed by atoms with Crippen molar-refractivity contribution >= 4 is 22.3 Å². The summed E-state index contributed by atoms with van der Waals surface area (Å²) in [6.07, 6.45) is 0. The van der Waals surface area contributed by atoms with E-state index in [0.29, 0.717) is 16.9 Å². The predicted molar refractivity (Wildman–Crippen MR) is 80.4 cm³/mol. The molecule has 0 radical (unpaired) electrons. The molecule has 1 aromatic heterocycles. The Morgan fingerprint density at radius 3 is 2.38 bits per heavy atom. The summed E-state index contributed by atoms with van der Waals surface area (Å²) in [4.78, 5) is 4.32. The number of benzene rings is 2. The monoisotopic (exact) mass is 279 g/mol. The van der Waals surface area contributed by atoms with Gasteiger partial charge in [-0.25, -0.2) is 4.98 Å². The molecule has 0 bridgehead atoms. The van der Waals surface area contributed by atoms with Gasteiger partial charge in [0, 0.05) is 11.1 Å². The van der Waals surface area contributed by atoms with Crippen LogP contribution < -0.4 is 0 Å². The van der Waals surface area contributed by atoms with E-state index in [0.717, 1.165) is 11.1 Å². The van der Waals surface area contributed by atoms with Crippen molar-refractivity contribution in [2.75, 3.05) is 0 Å². The molecule has 0 amide bonds. The quantitative estimate of drug-likeness (QED) is 0.684. The van der Waals surface area contributed by atoms with Crippen molar-refractivity contribution in [3.8, 4) is 11.5 Å². The number of aromatic nitrogens is 1. The first-order chi connectivity index (χ1) is 10.1. The molecule has 3 rings (SSSR count). The van der Waals surface area contributed by atoms with E-state index in [1.54, 1.807) is 36.4 Å². The van der Waals surface area contributed by atoms with E-state index < -0.39 is 0 Å². The van der Waals surface area contributed by atoms with Crippen molar-refractivity contribution in [2.45, 2.75) is 6.92 Å². The molecule has 0 aliphatic heterocycles. The summed E-state index contributed by atoms with van der Waals surface area (Å²) in [5.41, 5.74) is 2.60. The third-order valence-electron chi connectivity index (χ3n) is 3.08. The summed E-state index contributed by atoms with van der Waals surface area (Å²) in [6.45, 7) is 1.86. The number of fused-ring (bicyclic) bond motifs is 1. The second-order valence-electron chi connectivity index (χ2n) is 4.67. The number of nitrogens with zero attached hydrogens (tertiary/aromatic N) is 3. The van der Waals surface area contributed by atoms with E-state index in [2.05, 4.69) is 15.2 Å². The van der Waals surface area contributed by atoms with Gasteiger partial charge in [-0.3, -0.25) is 0 Å². The lowest BCUT2D eigenvalue weighted by Crippen LogP contribution is -1.84. The Bertz CT molecular complexity index is 827. The highest BCUT2D eigenvalue weighted by atomic mass is 16.3. The molecule has 3 aromatic rings. The molecule has 2 aromatic carbocycles. The zero-order chi connectivity index (χ0) is 14.8. The van der Waals surface area contributed by atoms with Gasteiger partial charge in [0.25, 0.3) is 0 Å². The van der Waals surface area contributed by atoms with Gasteiger partial charge in [-0.2, -0.15) is 5.11 Å². The van der Waals surface area contributed by atoms with Crippen molar-refractivity contribution < 1.29 is 10.2 Å². The standard InChI is InChI=1S/C16H13N3O2/c1-10-2-7-13-14(8-9-15(21)16(13)17-10)19-18-11-3-5-12(20)6-4-11/h2-9,20-21H,1H3. The molecule has 21 heavy (non-hydrogen) atoms. The minimum atomic E-state index is 0.122. The number of aryl methyl sites for hydroxylation is 1. The summed E-state index contributed by atoms with van der Waals surface area (Å²) < 4.78 is 0. The second kappa shape index (κ2) is 5.20. The van der Waals surface area contributed by atoms with Crippen molar-refractivity contribution in [3.63, 3.8) is 0 Å². The minimum absolute atomic E-state index is 0.122. The number of azo groups is 1. The van der Waals surface area contributed by atoms with E-state index in [1.165, 1.54) is 0 Å². The maximum atomic E-state index is 9.87. The Morgan fingerprint density at radius 2 is 1.62 bits per heavy atom. The lowest BCUT2D eigenvalue weighted by atomic mass is 10.1. The fourth-order valence-electron chi connectivity index (χ4n) is 2.00. The molecular weight excluding hydrogens is 266 g/mol.